The summed E-state index contributed by atoms with van der Waals surface area (Å²) in [4.78, 5) is 0. The Balaban J connectivity index is 2.38. The molecule has 0 N–H and O–H groups in total. The van der Waals surface area contributed by atoms with Crippen molar-refractivity contribution in [3.63, 3.8) is 0 Å². The second kappa shape index (κ2) is 3.80. The minimum absolute atomic E-state index is 0.572. The van der Waals surface area contributed by atoms with Crippen molar-refractivity contribution in [2.45, 2.75) is 32.6 Å². The predicted octanol–water partition coefficient (Wildman–Crippen LogP) is 3.20. The number of hydrogen-bond acceptors (Lipinski definition) is 0. The molecule has 10 heavy (non-hydrogen) atoms. The quantitative estimate of drug-likeness (QED) is 0.450. The molecule has 57 valence electrons. The fourth-order valence-corrected chi connectivity index (χ4v) is 1.41. The molecule has 0 saturated carbocycles. The summed E-state index contributed by atoms with van der Waals surface area (Å²) in [6.07, 6.45) is 9.80. The van der Waals surface area contributed by atoms with Crippen molar-refractivity contribution in [2.75, 3.05) is 0 Å². The number of hydrogen-bond donors (Lipinski definition) is 0. The van der Waals surface area contributed by atoms with Gasteiger partial charge in [-0.3, -0.25) is 0 Å². The Labute approximate surface area is 64.3 Å². The molecular weight excluding hydrogens is 120 g/mol. The van der Waals surface area contributed by atoms with Crippen LogP contribution in [-0.4, -0.2) is 0 Å². The van der Waals surface area contributed by atoms with Crippen LogP contribution in [0.3, 0.4) is 0 Å². The zero-order chi connectivity index (χ0) is 7.40. The monoisotopic (exact) mass is 137 g/mol. The second-order valence-corrected chi connectivity index (χ2v) is 3.45. The maximum absolute atomic E-state index is 4.05. The third-order valence-corrected chi connectivity index (χ3v) is 2.26. The van der Waals surface area contributed by atoms with Gasteiger partial charge in [-0.25, -0.2) is 0 Å². The zero-order valence-electron chi connectivity index (χ0n) is 6.84. The molecule has 0 bridgehead atoms. The van der Waals surface area contributed by atoms with Crippen LogP contribution in [0.2, 0.25) is 0 Å². The Morgan fingerprint density at radius 2 is 2.10 bits per heavy atom. The molecule has 0 heterocycles. The van der Waals surface area contributed by atoms with Gasteiger partial charge in [-0.1, -0.05) is 25.5 Å². The lowest BCUT2D eigenvalue weighted by atomic mass is 9.91. The summed E-state index contributed by atoms with van der Waals surface area (Å²) >= 11 is 0. The van der Waals surface area contributed by atoms with Gasteiger partial charge in [0.2, 0.25) is 0 Å². The summed E-state index contributed by atoms with van der Waals surface area (Å²) in [5, 5.41) is 0. The van der Waals surface area contributed by atoms with Crippen LogP contribution < -0.4 is 0 Å². The molecule has 0 aromatic carbocycles. The third kappa shape index (κ3) is 2.55. The zero-order valence-corrected chi connectivity index (χ0v) is 6.84. The van der Waals surface area contributed by atoms with E-state index in [0.29, 0.717) is 5.92 Å². The van der Waals surface area contributed by atoms with E-state index in [1.165, 1.54) is 25.7 Å². The lowest BCUT2D eigenvalue weighted by Crippen LogP contribution is -2.01. The highest BCUT2D eigenvalue weighted by Gasteiger charge is 2.06. The molecule has 0 amide bonds. The molecule has 0 aliphatic heterocycles. The van der Waals surface area contributed by atoms with E-state index < -0.39 is 0 Å². The number of allylic oxidation sites excluding steroid dienone is 2. The van der Waals surface area contributed by atoms with Crippen molar-refractivity contribution in [1.82, 2.24) is 0 Å². The van der Waals surface area contributed by atoms with Crippen LogP contribution in [0.25, 0.3) is 0 Å². The standard InChI is InChI=1S/C10H17/c1-9-5-3-4-6-10(2)8-7-9/h3,5,9-10H,1,4,6-8H2,2H3/b5-3-. The highest BCUT2D eigenvalue weighted by Crippen LogP contribution is 2.20. The highest BCUT2D eigenvalue weighted by atomic mass is 14.1. The molecule has 0 heteroatoms. The van der Waals surface area contributed by atoms with Gasteiger partial charge in [0.1, 0.15) is 0 Å². The normalized spacial score (nSPS) is 38.2. The van der Waals surface area contributed by atoms with Gasteiger partial charge in [0.25, 0.3) is 0 Å². The first kappa shape index (κ1) is 7.84. The first-order valence-corrected chi connectivity index (χ1v) is 4.29. The Kier molecular flexibility index (Phi) is 2.98. The summed E-state index contributed by atoms with van der Waals surface area (Å²) in [6, 6.07) is 0. The maximum atomic E-state index is 4.05. The van der Waals surface area contributed by atoms with E-state index in [2.05, 4.69) is 26.0 Å². The fraction of sp³-hybridized carbons (Fsp3) is 0.700. The Hall–Kier alpha value is -0.260. The Morgan fingerprint density at radius 1 is 1.30 bits per heavy atom. The molecule has 0 fully saturated rings. The van der Waals surface area contributed by atoms with Crippen LogP contribution >= 0.6 is 0 Å². The smallest absolute Gasteiger partial charge is 0.0233 e. The molecule has 1 radical (unpaired) electrons. The van der Waals surface area contributed by atoms with E-state index in [4.69, 9.17) is 0 Å². The SMILES string of the molecule is [CH2]C1/C=C\CCC(C)CC1. The van der Waals surface area contributed by atoms with Crippen LogP contribution in [0.5, 0.6) is 0 Å². The third-order valence-electron chi connectivity index (χ3n) is 2.26. The highest BCUT2D eigenvalue weighted by molar-refractivity contribution is 4.91. The van der Waals surface area contributed by atoms with Crippen molar-refractivity contribution in [3.05, 3.63) is 19.1 Å². The molecule has 1 aliphatic rings. The van der Waals surface area contributed by atoms with Crippen molar-refractivity contribution < 1.29 is 0 Å². The lowest BCUT2D eigenvalue weighted by Gasteiger charge is -2.14. The predicted molar refractivity (Wildman–Crippen MR) is 45.6 cm³/mol. The summed E-state index contributed by atoms with van der Waals surface area (Å²) < 4.78 is 0. The minimum Gasteiger partial charge on any atom is -0.0882 e. The van der Waals surface area contributed by atoms with Crippen LogP contribution in [0, 0.1) is 18.8 Å². The molecule has 0 aromatic heterocycles. The molecule has 2 unspecified atom stereocenters. The molecule has 1 rings (SSSR count). The van der Waals surface area contributed by atoms with Crippen molar-refractivity contribution in [1.29, 1.82) is 0 Å². The van der Waals surface area contributed by atoms with Gasteiger partial charge in [-0.15, -0.1) is 0 Å². The van der Waals surface area contributed by atoms with Gasteiger partial charge in [0.15, 0.2) is 0 Å². The van der Waals surface area contributed by atoms with E-state index in [9.17, 15) is 0 Å². The molecular formula is C10H17. The van der Waals surface area contributed by atoms with Crippen LogP contribution in [0.4, 0.5) is 0 Å². The van der Waals surface area contributed by atoms with Gasteiger partial charge in [0.05, 0.1) is 0 Å². The van der Waals surface area contributed by atoms with Gasteiger partial charge in [-0.05, 0) is 38.0 Å². The van der Waals surface area contributed by atoms with Crippen molar-refractivity contribution >= 4 is 0 Å². The maximum Gasteiger partial charge on any atom is -0.0233 e. The van der Waals surface area contributed by atoms with Gasteiger partial charge in [0, 0.05) is 0 Å². The molecule has 0 nitrogen and oxygen atoms in total. The molecule has 0 aromatic rings. The lowest BCUT2D eigenvalue weighted by molar-refractivity contribution is 0.448. The van der Waals surface area contributed by atoms with E-state index in [1.54, 1.807) is 0 Å². The van der Waals surface area contributed by atoms with E-state index in [-0.39, 0.29) is 0 Å². The van der Waals surface area contributed by atoms with E-state index in [1.807, 2.05) is 0 Å². The fourth-order valence-electron chi connectivity index (χ4n) is 1.41. The first-order valence-electron chi connectivity index (χ1n) is 4.29. The minimum atomic E-state index is 0.572. The van der Waals surface area contributed by atoms with E-state index >= 15 is 0 Å². The summed E-state index contributed by atoms with van der Waals surface area (Å²) in [7, 11) is 0. The molecule has 2 atom stereocenters. The molecule has 0 spiro atoms. The van der Waals surface area contributed by atoms with Crippen molar-refractivity contribution in [3.8, 4) is 0 Å². The average molecular weight is 137 g/mol. The first-order chi connectivity index (χ1) is 4.79. The molecule has 0 saturated heterocycles. The van der Waals surface area contributed by atoms with Crippen LogP contribution in [0.15, 0.2) is 12.2 Å². The summed E-state index contributed by atoms with van der Waals surface area (Å²) in [5.74, 6) is 1.48. The van der Waals surface area contributed by atoms with Crippen LogP contribution in [0.1, 0.15) is 32.6 Å². The van der Waals surface area contributed by atoms with Crippen molar-refractivity contribution in [2.24, 2.45) is 11.8 Å². The van der Waals surface area contributed by atoms with Gasteiger partial charge < -0.3 is 0 Å². The topological polar surface area (TPSA) is 0 Å². The second-order valence-electron chi connectivity index (χ2n) is 3.45. The molecule has 1 aliphatic carbocycles. The number of rotatable bonds is 0. The summed E-state index contributed by atoms with van der Waals surface area (Å²) in [6.45, 7) is 6.39. The Bertz CT molecular complexity index is 113. The Morgan fingerprint density at radius 3 is 2.90 bits per heavy atom. The summed E-state index contributed by atoms with van der Waals surface area (Å²) in [5.41, 5.74) is 0. The largest absolute Gasteiger partial charge is 0.0882 e. The van der Waals surface area contributed by atoms with Gasteiger partial charge in [-0.2, -0.15) is 0 Å². The van der Waals surface area contributed by atoms with E-state index in [0.717, 1.165) is 5.92 Å². The van der Waals surface area contributed by atoms with Crippen LogP contribution in [-0.2, 0) is 0 Å². The average Bonchev–Trinajstić information content (AvgIpc) is 1.90. The van der Waals surface area contributed by atoms with Gasteiger partial charge >= 0.3 is 0 Å².